The van der Waals surface area contributed by atoms with Crippen LogP contribution in [0.1, 0.15) is 18.9 Å². The molecule has 8 nitrogen and oxygen atoms in total. The molecule has 0 unspecified atom stereocenters. The standard InChI is InChI=1S/C20H20N4O4S/c1-14(10-11-15-6-3-2-4-7-15)21-18(25)13-29-20-23-22-19(28-20)16-8-5-9-17(12-16)24(26)27/h2-9,12,14H,10-11,13H2,1H3,(H,21,25)/t14-/m0/s1. The largest absolute Gasteiger partial charge is 0.411 e. The van der Waals surface area contributed by atoms with Crippen LogP contribution in [-0.2, 0) is 11.2 Å². The number of carbonyl (C=O) groups is 1. The normalized spacial score (nSPS) is 11.8. The molecule has 1 amide bonds. The Labute approximate surface area is 171 Å². The lowest BCUT2D eigenvalue weighted by atomic mass is 10.1. The van der Waals surface area contributed by atoms with Crippen molar-refractivity contribution in [3.05, 3.63) is 70.3 Å². The van der Waals surface area contributed by atoms with E-state index in [0.29, 0.717) is 5.56 Å². The maximum atomic E-state index is 12.1. The van der Waals surface area contributed by atoms with Crippen LogP contribution in [0.4, 0.5) is 5.69 Å². The Kier molecular flexibility index (Phi) is 6.96. The molecule has 1 heterocycles. The third kappa shape index (κ3) is 6.15. The van der Waals surface area contributed by atoms with Crippen molar-refractivity contribution in [3.8, 4) is 11.5 Å². The Hall–Kier alpha value is -3.20. The third-order valence-corrected chi connectivity index (χ3v) is 4.97. The second kappa shape index (κ2) is 9.83. The molecule has 3 rings (SSSR count). The van der Waals surface area contributed by atoms with Crippen LogP contribution in [0.2, 0.25) is 0 Å². The van der Waals surface area contributed by atoms with E-state index in [2.05, 4.69) is 27.6 Å². The van der Waals surface area contributed by atoms with Gasteiger partial charge in [-0.15, -0.1) is 10.2 Å². The maximum absolute atomic E-state index is 12.1. The van der Waals surface area contributed by atoms with Gasteiger partial charge in [0.05, 0.1) is 10.7 Å². The highest BCUT2D eigenvalue weighted by Crippen LogP contribution is 2.25. The average Bonchev–Trinajstić information content (AvgIpc) is 3.21. The zero-order valence-corrected chi connectivity index (χ0v) is 16.6. The summed E-state index contributed by atoms with van der Waals surface area (Å²) in [6, 6.07) is 16.1. The van der Waals surface area contributed by atoms with Crippen LogP contribution in [0.5, 0.6) is 0 Å². The number of aryl methyl sites for hydroxylation is 1. The number of thioether (sulfide) groups is 1. The fraction of sp³-hybridized carbons (Fsp3) is 0.250. The van der Waals surface area contributed by atoms with Crippen molar-refractivity contribution in [2.75, 3.05) is 5.75 Å². The Bertz CT molecular complexity index is 977. The number of aromatic nitrogens is 2. The first-order valence-corrected chi connectivity index (χ1v) is 10.0. The van der Waals surface area contributed by atoms with Crippen molar-refractivity contribution >= 4 is 23.4 Å². The fourth-order valence-corrected chi connectivity index (χ4v) is 3.26. The molecule has 0 aliphatic heterocycles. The number of hydrogen-bond acceptors (Lipinski definition) is 7. The van der Waals surface area contributed by atoms with E-state index >= 15 is 0 Å². The first-order chi connectivity index (χ1) is 14.0. The first kappa shape index (κ1) is 20.5. The van der Waals surface area contributed by atoms with Gasteiger partial charge in [-0.05, 0) is 31.4 Å². The van der Waals surface area contributed by atoms with E-state index in [4.69, 9.17) is 4.42 Å². The number of rotatable bonds is 9. The molecule has 0 saturated carbocycles. The van der Waals surface area contributed by atoms with Gasteiger partial charge in [-0.2, -0.15) is 0 Å². The van der Waals surface area contributed by atoms with Crippen LogP contribution in [0.25, 0.3) is 11.5 Å². The molecule has 0 bridgehead atoms. The predicted molar refractivity (Wildman–Crippen MR) is 109 cm³/mol. The van der Waals surface area contributed by atoms with E-state index < -0.39 is 4.92 Å². The van der Waals surface area contributed by atoms with Gasteiger partial charge in [-0.1, -0.05) is 48.2 Å². The van der Waals surface area contributed by atoms with E-state index in [-0.39, 0.29) is 34.5 Å². The summed E-state index contributed by atoms with van der Waals surface area (Å²) in [5, 5.41) is 21.8. The van der Waals surface area contributed by atoms with E-state index in [1.54, 1.807) is 12.1 Å². The summed E-state index contributed by atoms with van der Waals surface area (Å²) in [5.41, 5.74) is 1.64. The molecule has 0 radical (unpaired) electrons. The van der Waals surface area contributed by atoms with Crippen LogP contribution < -0.4 is 5.32 Å². The first-order valence-electron chi connectivity index (χ1n) is 9.05. The van der Waals surface area contributed by atoms with Gasteiger partial charge < -0.3 is 9.73 Å². The molecule has 2 aromatic carbocycles. The molecule has 1 atom stereocenters. The molecular formula is C20H20N4O4S. The lowest BCUT2D eigenvalue weighted by Crippen LogP contribution is -2.34. The molecule has 0 fully saturated rings. The lowest BCUT2D eigenvalue weighted by molar-refractivity contribution is -0.384. The number of amides is 1. The van der Waals surface area contributed by atoms with E-state index in [1.165, 1.54) is 17.7 Å². The van der Waals surface area contributed by atoms with Crippen LogP contribution >= 0.6 is 11.8 Å². The average molecular weight is 412 g/mol. The summed E-state index contributed by atoms with van der Waals surface area (Å²) in [4.78, 5) is 22.5. The Balaban J connectivity index is 1.47. The van der Waals surface area contributed by atoms with Gasteiger partial charge in [0, 0.05) is 23.7 Å². The van der Waals surface area contributed by atoms with Gasteiger partial charge in [-0.3, -0.25) is 14.9 Å². The van der Waals surface area contributed by atoms with Gasteiger partial charge in [0.1, 0.15) is 0 Å². The second-order valence-corrected chi connectivity index (χ2v) is 7.39. The van der Waals surface area contributed by atoms with Crippen molar-refractivity contribution in [1.82, 2.24) is 15.5 Å². The van der Waals surface area contributed by atoms with Gasteiger partial charge >= 0.3 is 0 Å². The molecule has 1 N–H and O–H groups in total. The number of nitro groups is 1. The van der Waals surface area contributed by atoms with Crippen LogP contribution in [0, 0.1) is 10.1 Å². The summed E-state index contributed by atoms with van der Waals surface area (Å²) < 4.78 is 5.50. The Morgan fingerprint density at radius 1 is 1.21 bits per heavy atom. The number of hydrogen-bond donors (Lipinski definition) is 1. The number of nitrogens with zero attached hydrogens (tertiary/aromatic N) is 3. The number of nitro benzene ring substituents is 1. The van der Waals surface area contributed by atoms with Gasteiger partial charge in [0.2, 0.25) is 11.8 Å². The molecule has 0 aliphatic carbocycles. The van der Waals surface area contributed by atoms with Gasteiger partial charge in [-0.25, -0.2) is 0 Å². The number of non-ortho nitro benzene ring substituents is 1. The quantitative estimate of drug-likeness (QED) is 0.322. The lowest BCUT2D eigenvalue weighted by Gasteiger charge is -2.13. The number of benzene rings is 2. The second-order valence-electron chi connectivity index (χ2n) is 6.46. The highest BCUT2D eigenvalue weighted by atomic mass is 32.2. The van der Waals surface area contributed by atoms with Crippen molar-refractivity contribution in [2.24, 2.45) is 0 Å². The zero-order valence-electron chi connectivity index (χ0n) is 15.8. The predicted octanol–water partition coefficient (Wildman–Crippen LogP) is 3.87. The van der Waals surface area contributed by atoms with Crippen molar-refractivity contribution in [3.63, 3.8) is 0 Å². The summed E-state index contributed by atoms with van der Waals surface area (Å²) in [5.74, 6) is 0.199. The van der Waals surface area contributed by atoms with Crippen molar-refractivity contribution < 1.29 is 14.1 Å². The summed E-state index contributed by atoms with van der Waals surface area (Å²) in [6.07, 6.45) is 1.74. The van der Waals surface area contributed by atoms with E-state index in [0.717, 1.165) is 24.6 Å². The Morgan fingerprint density at radius 2 is 2.00 bits per heavy atom. The number of nitrogens with one attached hydrogen (secondary N) is 1. The SMILES string of the molecule is C[C@@H](CCc1ccccc1)NC(=O)CSc1nnc(-c2cccc([N+](=O)[O-])c2)o1. The molecule has 0 aliphatic rings. The minimum absolute atomic E-state index is 0.0476. The van der Waals surface area contributed by atoms with Crippen LogP contribution in [0.3, 0.4) is 0 Å². The fourth-order valence-electron chi connectivity index (χ4n) is 2.68. The number of carbonyl (C=O) groups excluding carboxylic acids is 1. The Morgan fingerprint density at radius 3 is 2.76 bits per heavy atom. The van der Waals surface area contributed by atoms with Crippen LogP contribution in [0.15, 0.2) is 64.2 Å². The van der Waals surface area contributed by atoms with Gasteiger partial charge in [0.25, 0.3) is 10.9 Å². The molecule has 1 aromatic heterocycles. The minimum Gasteiger partial charge on any atom is -0.411 e. The molecule has 9 heteroatoms. The summed E-state index contributed by atoms with van der Waals surface area (Å²) in [6.45, 7) is 1.97. The molecule has 0 spiro atoms. The van der Waals surface area contributed by atoms with Crippen LogP contribution in [-0.4, -0.2) is 32.8 Å². The molecule has 150 valence electrons. The zero-order chi connectivity index (χ0) is 20.6. The van der Waals surface area contributed by atoms with Crippen molar-refractivity contribution in [1.29, 1.82) is 0 Å². The van der Waals surface area contributed by atoms with Crippen molar-refractivity contribution in [2.45, 2.75) is 31.0 Å². The smallest absolute Gasteiger partial charge is 0.277 e. The third-order valence-electron chi connectivity index (χ3n) is 4.15. The van der Waals surface area contributed by atoms with Gasteiger partial charge in [0.15, 0.2) is 0 Å². The monoisotopic (exact) mass is 412 g/mol. The molecule has 3 aromatic rings. The maximum Gasteiger partial charge on any atom is 0.277 e. The summed E-state index contributed by atoms with van der Waals surface area (Å²) >= 11 is 1.12. The highest BCUT2D eigenvalue weighted by molar-refractivity contribution is 7.99. The topological polar surface area (TPSA) is 111 Å². The van der Waals surface area contributed by atoms with E-state index in [9.17, 15) is 14.9 Å². The molecular weight excluding hydrogens is 392 g/mol. The van der Waals surface area contributed by atoms with E-state index in [1.807, 2.05) is 25.1 Å². The summed E-state index contributed by atoms with van der Waals surface area (Å²) in [7, 11) is 0. The molecule has 0 saturated heterocycles. The minimum atomic E-state index is -0.487. The molecule has 29 heavy (non-hydrogen) atoms. The highest BCUT2D eigenvalue weighted by Gasteiger charge is 2.15.